The predicted octanol–water partition coefficient (Wildman–Crippen LogP) is 1.57. The quantitative estimate of drug-likeness (QED) is 0.632. The van der Waals surface area contributed by atoms with Crippen LogP contribution in [0.1, 0.15) is 24.1 Å². The summed E-state index contributed by atoms with van der Waals surface area (Å²) in [5.41, 5.74) is 3.71. The topological polar surface area (TPSA) is 73.1 Å². The molecule has 0 saturated heterocycles. The molecule has 0 amide bonds. The molecule has 0 saturated carbocycles. The van der Waals surface area contributed by atoms with Crippen molar-refractivity contribution in [3.8, 4) is 5.88 Å². The largest absolute Gasteiger partial charge is 0.476 e. The minimum absolute atomic E-state index is 0.0239. The molecule has 0 aromatic carbocycles. The molecule has 0 fully saturated rings. The lowest BCUT2D eigenvalue weighted by Gasteiger charge is -2.17. The first kappa shape index (κ1) is 13.4. The van der Waals surface area contributed by atoms with Gasteiger partial charge < -0.3 is 4.74 Å². The zero-order valence-corrected chi connectivity index (χ0v) is 10.5. The Kier molecular flexibility index (Phi) is 4.38. The van der Waals surface area contributed by atoms with Gasteiger partial charge in [0, 0.05) is 24.2 Å². The second kappa shape index (κ2) is 6.21. The minimum Gasteiger partial charge on any atom is -0.476 e. The van der Waals surface area contributed by atoms with Gasteiger partial charge in [0.2, 0.25) is 0 Å². The fourth-order valence-electron chi connectivity index (χ4n) is 1.81. The number of pyridine rings is 2. The van der Waals surface area contributed by atoms with Gasteiger partial charge in [0.25, 0.3) is 5.88 Å². The van der Waals surface area contributed by atoms with E-state index in [-0.39, 0.29) is 5.88 Å². The van der Waals surface area contributed by atoms with Gasteiger partial charge in [-0.2, -0.15) is 0 Å². The Hall–Kier alpha value is -2.05. The number of nitrogens with one attached hydrogen (secondary N) is 1. The molecule has 5 nitrogen and oxygen atoms in total. The Balaban J connectivity index is 2.42. The highest BCUT2D eigenvalue weighted by Gasteiger charge is 2.20. The van der Waals surface area contributed by atoms with E-state index in [2.05, 4.69) is 15.4 Å². The van der Waals surface area contributed by atoms with Gasteiger partial charge in [-0.1, -0.05) is 6.07 Å². The van der Waals surface area contributed by atoms with E-state index >= 15 is 0 Å². The highest BCUT2D eigenvalue weighted by molar-refractivity contribution is 5.33. The SMILES string of the molecule is CCOc1nccc(C(NN)c2cccnc2)c1F. The van der Waals surface area contributed by atoms with E-state index in [0.29, 0.717) is 12.2 Å². The molecular formula is C13H15FN4O. The number of rotatable bonds is 5. The van der Waals surface area contributed by atoms with Gasteiger partial charge in [0.15, 0.2) is 5.82 Å². The number of aromatic nitrogens is 2. The molecule has 0 aliphatic heterocycles. The Labute approximate surface area is 110 Å². The van der Waals surface area contributed by atoms with Crippen LogP contribution in [0.25, 0.3) is 0 Å². The van der Waals surface area contributed by atoms with Crippen molar-refractivity contribution in [2.75, 3.05) is 6.61 Å². The fraction of sp³-hybridized carbons (Fsp3) is 0.231. The first-order chi connectivity index (χ1) is 9.27. The highest BCUT2D eigenvalue weighted by Crippen LogP contribution is 2.26. The minimum atomic E-state index is -0.517. The average molecular weight is 262 g/mol. The molecule has 6 heteroatoms. The van der Waals surface area contributed by atoms with Gasteiger partial charge in [0.05, 0.1) is 12.6 Å². The van der Waals surface area contributed by atoms with Crippen molar-refractivity contribution in [3.05, 3.63) is 53.7 Å². The van der Waals surface area contributed by atoms with Gasteiger partial charge in [-0.25, -0.2) is 14.8 Å². The Morgan fingerprint density at radius 1 is 1.42 bits per heavy atom. The standard InChI is InChI=1S/C13H15FN4O/c1-2-19-13-11(14)10(5-7-17-13)12(18-15)9-4-3-6-16-8-9/h3-8,12,18H,2,15H2,1H3. The second-order valence-corrected chi connectivity index (χ2v) is 3.84. The maximum atomic E-state index is 14.3. The maximum Gasteiger partial charge on any atom is 0.250 e. The molecular weight excluding hydrogens is 247 g/mol. The third kappa shape index (κ3) is 2.86. The lowest BCUT2D eigenvalue weighted by molar-refractivity contribution is 0.305. The molecule has 1 atom stereocenters. The van der Waals surface area contributed by atoms with E-state index in [1.165, 1.54) is 6.20 Å². The summed E-state index contributed by atoms with van der Waals surface area (Å²) in [5, 5.41) is 0. The van der Waals surface area contributed by atoms with E-state index in [1.54, 1.807) is 31.5 Å². The van der Waals surface area contributed by atoms with Crippen molar-refractivity contribution in [2.24, 2.45) is 5.84 Å². The van der Waals surface area contributed by atoms with Gasteiger partial charge >= 0.3 is 0 Å². The normalized spacial score (nSPS) is 12.2. The van der Waals surface area contributed by atoms with Gasteiger partial charge in [-0.3, -0.25) is 10.8 Å². The van der Waals surface area contributed by atoms with Crippen LogP contribution in [0.3, 0.4) is 0 Å². The monoisotopic (exact) mass is 262 g/mol. The van der Waals surface area contributed by atoms with Crippen LogP contribution in [0.15, 0.2) is 36.8 Å². The number of ether oxygens (including phenoxy) is 1. The molecule has 3 N–H and O–H groups in total. The third-order valence-corrected chi connectivity index (χ3v) is 2.66. The van der Waals surface area contributed by atoms with Crippen LogP contribution >= 0.6 is 0 Å². The van der Waals surface area contributed by atoms with E-state index < -0.39 is 11.9 Å². The molecule has 0 spiro atoms. The lowest BCUT2D eigenvalue weighted by Crippen LogP contribution is -2.29. The lowest BCUT2D eigenvalue weighted by atomic mass is 10.0. The van der Waals surface area contributed by atoms with Crippen molar-refractivity contribution in [3.63, 3.8) is 0 Å². The van der Waals surface area contributed by atoms with Crippen molar-refractivity contribution < 1.29 is 9.13 Å². The van der Waals surface area contributed by atoms with Crippen molar-refractivity contribution in [1.82, 2.24) is 15.4 Å². The summed E-state index contributed by atoms with van der Waals surface area (Å²) in [5.74, 6) is 4.98. The number of hydrazine groups is 1. The highest BCUT2D eigenvalue weighted by atomic mass is 19.1. The number of halogens is 1. The summed E-state index contributed by atoms with van der Waals surface area (Å²) < 4.78 is 19.4. The van der Waals surface area contributed by atoms with Crippen LogP contribution in [0.2, 0.25) is 0 Å². The molecule has 19 heavy (non-hydrogen) atoms. The van der Waals surface area contributed by atoms with Crippen LogP contribution in [0, 0.1) is 5.82 Å². The molecule has 0 aliphatic rings. The van der Waals surface area contributed by atoms with Crippen LogP contribution in [0.5, 0.6) is 5.88 Å². The van der Waals surface area contributed by atoms with Crippen molar-refractivity contribution >= 4 is 0 Å². The summed E-state index contributed by atoms with van der Waals surface area (Å²) in [7, 11) is 0. The van der Waals surface area contributed by atoms with E-state index in [4.69, 9.17) is 10.6 Å². The molecule has 100 valence electrons. The summed E-state index contributed by atoms with van der Waals surface area (Å²) >= 11 is 0. The molecule has 2 heterocycles. The Bertz CT molecular complexity index is 535. The van der Waals surface area contributed by atoms with E-state index in [0.717, 1.165) is 5.56 Å². The Morgan fingerprint density at radius 3 is 2.89 bits per heavy atom. The maximum absolute atomic E-state index is 14.3. The predicted molar refractivity (Wildman–Crippen MR) is 68.8 cm³/mol. The smallest absolute Gasteiger partial charge is 0.250 e. The first-order valence-corrected chi connectivity index (χ1v) is 5.91. The van der Waals surface area contributed by atoms with Gasteiger partial charge in [-0.05, 0) is 24.6 Å². The first-order valence-electron chi connectivity index (χ1n) is 5.91. The van der Waals surface area contributed by atoms with Crippen molar-refractivity contribution in [1.29, 1.82) is 0 Å². The van der Waals surface area contributed by atoms with Crippen LogP contribution in [0.4, 0.5) is 4.39 Å². The van der Waals surface area contributed by atoms with E-state index in [9.17, 15) is 4.39 Å². The third-order valence-electron chi connectivity index (χ3n) is 2.66. The summed E-state index contributed by atoms with van der Waals surface area (Å²) in [6.07, 6.45) is 4.76. The van der Waals surface area contributed by atoms with Crippen LogP contribution in [-0.4, -0.2) is 16.6 Å². The van der Waals surface area contributed by atoms with Crippen LogP contribution in [-0.2, 0) is 0 Å². The second-order valence-electron chi connectivity index (χ2n) is 3.84. The van der Waals surface area contributed by atoms with Crippen molar-refractivity contribution in [2.45, 2.75) is 13.0 Å². The summed E-state index contributed by atoms with van der Waals surface area (Å²) in [6.45, 7) is 2.12. The molecule has 1 unspecified atom stereocenters. The molecule has 0 bridgehead atoms. The molecule has 0 radical (unpaired) electrons. The summed E-state index contributed by atoms with van der Waals surface area (Å²) in [4.78, 5) is 7.86. The fourth-order valence-corrected chi connectivity index (χ4v) is 1.81. The molecule has 0 aliphatic carbocycles. The van der Waals surface area contributed by atoms with Gasteiger partial charge in [0.1, 0.15) is 0 Å². The molecule has 2 aromatic heterocycles. The number of nitrogens with two attached hydrogens (primary N) is 1. The average Bonchev–Trinajstić information content (AvgIpc) is 2.45. The number of nitrogens with zero attached hydrogens (tertiary/aromatic N) is 2. The number of hydrogen-bond acceptors (Lipinski definition) is 5. The molecule has 2 aromatic rings. The summed E-state index contributed by atoms with van der Waals surface area (Å²) in [6, 6.07) is 4.64. The molecule has 2 rings (SSSR count). The van der Waals surface area contributed by atoms with E-state index in [1.807, 2.05) is 6.07 Å². The Morgan fingerprint density at radius 2 is 2.26 bits per heavy atom. The number of hydrogen-bond donors (Lipinski definition) is 2. The van der Waals surface area contributed by atoms with Gasteiger partial charge in [-0.15, -0.1) is 0 Å². The zero-order valence-electron chi connectivity index (χ0n) is 10.5. The van der Waals surface area contributed by atoms with Crippen LogP contribution < -0.4 is 16.0 Å². The zero-order chi connectivity index (χ0) is 13.7.